The Hall–Kier alpha value is -2.52. The van der Waals surface area contributed by atoms with Gasteiger partial charge in [0.15, 0.2) is 0 Å². The van der Waals surface area contributed by atoms with Gasteiger partial charge in [-0.05, 0) is 24.5 Å². The van der Waals surface area contributed by atoms with Crippen LogP contribution in [0.1, 0.15) is 43.2 Å². The molecule has 1 aliphatic rings. The summed E-state index contributed by atoms with van der Waals surface area (Å²) in [6.45, 7) is 0.574. The van der Waals surface area contributed by atoms with Crippen LogP contribution in [0.3, 0.4) is 0 Å². The number of carboxylic acids is 1. The van der Waals surface area contributed by atoms with Gasteiger partial charge in [0.05, 0.1) is 12.6 Å². The number of hydrogen-bond donors (Lipinski definition) is 2. The minimum Gasteiger partial charge on any atom is -0.481 e. The molecule has 1 aromatic rings. The summed E-state index contributed by atoms with van der Waals surface area (Å²) < 4.78 is 39.4. The summed E-state index contributed by atoms with van der Waals surface area (Å²) in [5, 5.41) is 18.7. The van der Waals surface area contributed by atoms with E-state index >= 15 is 0 Å². The largest absolute Gasteiger partial charge is 0.481 e. The Balaban J connectivity index is 1.93. The second-order valence-electron chi connectivity index (χ2n) is 7.48. The lowest BCUT2D eigenvalue weighted by atomic mass is 10.00. The predicted molar refractivity (Wildman–Crippen MR) is 109 cm³/mol. The molecule has 1 aliphatic heterocycles. The number of aliphatic hydroxyl groups is 1. The number of aliphatic carboxylic acids is 1. The Morgan fingerprint density at radius 2 is 2.10 bits per heavy atom. The number of amides is 1. The average molecular weight is 441 g/mol. The van der Waals surface area contributed by atoms with E-state index in [-0.39, 0.29) is 25.2 Å². The maximum Gasteiger partial charge on any atom is 0.410 e. The van der Waals surface area contributed by atoms with Gasteiger partial charge >= 0.3 is 18.0 Å². The third-order valence-electron chi connectivity index (χ3n) is 5.06. The number of carboxylic acid groups (broad SMARTS) is 1. The minimum atomic E-state index is -3.52. The SMILES string of the molecule is COCc1cccc(C(F)(F)C(O)C=CC2COC(=O)N2CCCCCCC(=O)O)c1. The van der Waals surface area contributed by atoms with Crippen molar-refractivity contribution in [2.45, 2.75) is 56.8 Å². The molecule has 2 N–H and O–H groups in total. The zero-order valence-electron chi connectivity index (χ0n) is 17.5. The molecule has 7 nitrogen and oxygen atoms in total. The molecule has 1 saturated heterocycles. The number of halogens is 2. The number of aliphatic hydroxyl groups excluding tert-OH is 1. The van der Waals surface area contributed by atoms with Crippen molar-refractivity contribution in [2.75, 3.05) is 20.3 Å². The molecule has 1 amide bonds. The van der Waals surface area contributed by atoms with Crippen LogP contribution in [0.25, 0.3) is 0 Å². The van der Waals surface area contributed by atoms with Crippen molar-refractivity contribution in [3.63, 3.8) is 0 Å². The van der Waals surface area contributed by atoms with E-state index in [0.717, 1.165) is 18.9 Å². The van der Waals surface area contributed by atoms with Gasteiger partial charge in [-0.1, -0.05) is 43.2 Å². The van der Waals surface area contributed by atoms with Gasteiger partial charge in [-0.25, -0.2) is 4.79 Å². The molecule has 0 aromatic heterocycles. The first-order valence-corrected chi connectivity index (χ1v) is 10.2. The topological polar surface area (TPSA) is 96.3 Å². The molecule has 2 atom stereocenters. The predicted octanol–water partition coefficient (Wildman–Crippen LogP) is 3.70. The van der Waals surface area contributed by atoms with E-state index in [4.69, 9.17) is 14.6 Å². The fourth-order valence-electron chi connectivity index (χ4n) is 3.35. The van der Waals surface area contributed by atoms with E-state index in [2.05, 4.69) is 0 Å². The van der Waals surface area contributed by atoms with E-state index in [9.17, 15) is 23.5 Å². The van der Waals surface area contributed by atoms with Gasteiger partial charge in [-0.2, -0.15) is 8.78 Å². The maximum absolute atomic E-state index is 14.7. The average Bonchev–Trinajstić information content (AvgIpc) is 3.08. The van der Waals surface area contributed by atoms with Crippen LogP contribution in [-0.4, -0.2) is 59.6 Å². The number of alkyl halides is 2. The molecule has 0 saturated carbocycles. The number of cyclic esters (lactones) is 1. The number of carbonyl (C=O) groups is 2. The monoisotopic (exact) mass is 441 g/mol. The van der Waals surface area contributed by atoms with Crippen molar-refractivity contribution >= 4 is 12.1 Å². The van der Waals surface area contributed by atoms with Gasteiger partial charge in [0, 0.05) is 25.6 Å². The molecule has 0 spiro atoms. The summed E-state index contributed by atoms with van der Waals surface area (Å²) in [6.07, 6.45) is 2.54. The molecule has 172 valence electrons. The fourth-order valence-corrected chi connectivity index (χ4v) is 3.35. The minimum absolute atomic E-state index is 0.0238. The molecule has 2 unspecified atom stereocenters. The van der Waals surface area contributed by atoms with Gasteiger partial charge in [0.25, 0.3) is 0 Å². The summed E-state index contributed by atoms with van der Waals surface area (Å²) in [6, 6.07) is 5.13. The summed E-state index contributed by atoms with van der Waals surface area (Å²) in [4.78, 5) is 23.9. The highest BCUT2D eigenvalue weighted by atomic mass is 19.3. The van der Waals surface area contributed by atoms with Crippen LogP contribution in [0.4, 0.5) is 13.6 Å². The van der Waals surface area contributed by atoms with Crippen molar-refractivity contribution < 1.29 is 38.1 Å². The number of hydrogen-bond acceptors (Lipinski definition) is 5. The lowest BCUT2D eigenvalue weighted by Crippen LogP contribution is -2.34. The van der Waals surface area contributed by atoms with Crippen LogP contribution >= 0.6 is 0 Å². The fraction of sp³-hybridized carbons (Fsp3) is 0.545. The Labute approximate surface area is 180 Å². The smallest absolute Gasteiger partial charge is 0.410 e. The molecule has 9 heteroatoms. The summed E-state index contributed by atoms with van der Waals surface area (Å²) in [5.74, 6) is -4.35. The van der Waals surface area contributed by atoms with Crippen molar-refractivity contribution in [2.24, 2.45) is 0 Å². The van der Waals surface area contributed by atoms with E-state index in [1.54, 1.807) is 6.07 Å². The summed E-state index contributed by atoms with van der Waals surface area (Å²) in [7, 11) is 1.47. The molecule has 1 heterocycles. The maximum atomic E-state index is 14.7. The molecule has 1 aromatic carbocycles. The molecular formula is C22H29F2NO6. The standard InChI is InChI=1S/C22H29F2NO6/c1-30-14-16-7-6-8-17(13-16)22(23,24)19(26)11-10-18-15-31-21(29)25(18)12-5-3-2-4-9-20(27)28/h6-8,10-11,13,18-19,26H,2-5,9,12,14-15H2,1H3,(H,27,28). The highest BCUT2D eigenvalue weighted by molar-refractivity contribution is 5.70. The lowest BCUT2D eigenvalue weighted by molar-refractivity contribution is -0.137. The molecule has 31 heavy (non-hydrogen) atoms. The Morgan fingerprint density at radius 1 is 1.35 bits per heavy atom. The number of methoxy groups -OCH3 is 1. The number of benzene rings is 1. The van der Waals surface area contributed by atoms with Crippen LogP contribution < -0.4 is 0 Å². The van der Waals surface area contributed by atoms with Crippen LogP contribution in [0.15, 0.2) is 36.4 Å². The summed E-state index contributed by atoms with van der Waals surface area (Å²) in [5.41, 5.74) is 0.247. The van der Waals surface area contributed by atoms with Crippen molar-refractivity contribution in [1.82, 2.24) is 4.90 Å². The highest BCUT2D eigenvalue weighted by Crippen LogP contribution is 2.33. The first-order valence-electron chi connectivity index (χ1n) is 10.2. The van der Waals surface area contributed by atoms with E-state index in [1.165, 1.54) is 36.3 Å². The van der Waals surface area contributed by atoms with Gasteiger partial charge in [0.2, 0.25) is 0 Å². The quantitative estimate of drug-likeness (QED) is 0.358. The van der Waals surface area contributed by atoms with Crippen molar-refractivity contribution in [3.8, 4) is 0 Å². The van der Waals surface area contributed by atoms with E-state index in [0.29, 0.717) is 24.9 Å². The van der Waals surface area contributed by atoms with E-state index < -0.39 is 30.1 Å². The van der Waals surface area contributed by atoms with Crippen LogP contribution in [0.2, 0.25) is 0 Å². The zero-order chi connectivity index (χ0) is 22.9. The lowest BCUT2D eigenvalue weighted by Gasteiger charge is -2.22. The second-order valence-corrected chi connectivity index (χ2v) is 7.48. The number of carbonyl (C=O) groups excluding carboxylic acids is 1. The van der Waals surface area contributed by atoms with Gasteiger partial charge < -0.3 is 19.7 Å². The molecule has 0 aliphatic carbocycles. The van der Waals surface area contributed by atoms with Crippen molar-refractivity contribution in [1.29, 1.82) is 0 Å². The molecule has 0 bridgehead atoms. The second kappa shape index (κ2) is 11.8. The molecule has 2 rings (SSSR count). The molecule has 1 fully saturated rings. The van der Waals surface area contributed by atoms with Crippen LogP contribution in [0, 0.1) is 0 Å². The number of unbranched alkanes of at least 4 members (excludes halogenated alkanes) is 3. The van der Waals surface area contributed by atoms with Crippen LogP contribution in [-0.2, 0) is 26.8 Å². The third-order valence-corrected chi connectivity index (χ3v) is 5.06. The first-order chi connectivity index (χ1) is 14.8. The van der Waals surface area contributed by atoms with Gasteiger partial charge in [-0.3, -0.25) is 9.69 Å². The normalized spacial score (nSPS) is 17.9. The Kier molecular flexibility index (Phi) is 9.39. The number of nitrogens with zero attached hydrogens (tertiary/aromatic N) is 1. The van der Waals surface area contributed by atoms with Gasteiger partial charge in [-0.15, -0.1) is 0 Å². The van der Waals surface area contributed by atoms with Crippen molar-refractivity contribution in [3.05, 3.63) is 47.5 Å². The first kappa shape index (κ1) is 24.7. The third kappa shape index (κ3) is 7.29. The Morgan fingerprint density at radius 3 is 2.81 bits per heavy atom. The van der Waals surface area contributed by atoms with Gasteiger partial charge in [0.1, 0.15) is 12.7 Å². The van der Waals surface area contributed by atoms with Crippen LogP contribution in [0.5, 0.6) is 0 Å². The number of rotatable bonds is 13. The zero-order valence-corrected chi connectivity index (χ0v) is 17.5. The van der Waals surface area contributed by atoms with E-state index in [1.807, 2.05) is 0 Å². The number of ether oxygens (including phenoxy) is 2. The summed E-state index contributed by atoms with van der Waals surface area (Å²) >= 11 is 0. The highest BCUT2D eigenvalue weighted by Gasteiger charge is 2.39. The molecular weight excluding hydrogens is 412 g/mol. The molecule has 0 radical (unpaired) electrons. The Bertz CT molecular complexity index is 770.